The molecule has 1 aromatic carbocycles. The second-order valence-corrected chi connectivity index (χ2v) is 7.29. The van der Waals surface area contributed by atoms with E-state index in [9.17, 15) is 8.42 Å². The molecule has 2 N–H and O–H groups in total. The monoisotopic (exact) mass is 350 g/mol. The van der Waals surface area contributed by atoms with Gasteiger partial charge in [0, 0.05) is 30.4 Å². The first-order valence-corrected chi connectivity index (χ1v) is 7.97. The van der Waals surface area contributed by atoms with Crippen molar-refractivity contribution in [1.29, 1.82) is 0 Å². The van der Waals surface area contributed by atoms with Crippen molar-refractivity contribution in [1.82, 2.24) is 4.31 Å². The summed E-state index contributed by atoms with van der Waals surface area (Å²) < 4.78 is 32.0. The van der Waals surface area contributed by atoms with Crippen LogP contribution in [-0.2, 0) is 14.8 Å². The van der Waals surface area contributed by atoms with Gasteiger partial charge in [0.2, 0.25) is 10.0 Å². The molecule has 0 bridgehead atoms. The molecule has 0 saturated heterocycles. The first kappa shape index (κ1) is 16.4. The van der Waals surface area contributed by atoms with E-state index in [1.165, 1.54) is 17.4 Å². The Morgan fingerprint density at radius 1 is 1.47 bits per heavy atom. The van der Waals surface area contributed by atoms with E-state index in [1.807, 2.05) is 0 Å². The standard InChI is InChI=1S/C12H19BrN2O3S/c1-8-5-10(13)11(14)6-12(8)19(16,17)15(3)9(2)7-18-4/h5-6,9H,7,14H2,1-4H3. The van der Waals surface area contributed by atoms with Crippen LogP contribution >= 0.6 is 15.9 Å². The second kappa shape index (κ2) is 6.21. The van der Waals surface area contributed by atoms with Crippen LogP contribution in [0.1, 0.15) is 12.5 Å². The maximum Gasteiger partial charge on any atom is 0.243 e. The van der Waals surface area contributed by atoms with E-state index < -0.39 is 10.0 Å². The van der Waals surface area contributed by atoms with Crippen LogP contribution in [0, 0.1) is 6.92 Å². The van der Waals surface area contributed by atoms with Gasteiger partial charge >= 0.3 is 0 Å². The van der Waals surface area contributed by atoms with Crippen molar-refractivity contribution < 1.29 is 13.2 Å². The Morgan fingerprint density at radius 3 is 2.58 bits per heavy atom. The zero-order chi connectivity index (χ0) is 14.8. The number of benzene rings is 1. The van der Waals surface area contributed by atoms with Gasteiger partial charge in [0.15, 0.2) is 0 Å². The van der Waals surface area contributed by atoms with Crippen LogP contribution in [0.15, 0.2) is 21.5 Å². The van der Waals surface area contributed by atoms with E-state index in [0.29, 0.717) is 22.3 Å². The van der Waals surface area contributed by atoms with Crippen LogP contribution in [0.4, 0.5) is 5.69 Å². The molecule has 0 aliphatic heterocycles. The molecule has 0 radical (unpaired) electrons. The van der Waals surface area contributed by atoms with E-state index in [1.54, 1.807) is 27.0 Å². The van der Waals surface area contributed by atoms with Crippen molar-refractivity contribution in [3.63, 3.8) is 0 Å². The molecule has 19 heavy (non-hydrogen) atoms. The van der Waals surface area contributed by atoms with Crippen LogP contribution in [0.2, 0.25) is 0 Å². The summed E-state index contributed by atoms with van der Waals surface area (Å²) in [5.41, 5.74) is 6.82. The summed E-state index contributed by atoms with van der Waals surface area (Å²) in [5.74, 6) is 0. The van der Waals surface area contributed by atoms with E-state index in [0.717, 1.165) is 0 Å². The Bertz CT molecular complexity index is 560. The topological polar surface area (TPSA) is 72.6 Å². The molecule has 7 heteroatoms. The summed E-state index contributed by atoms with van der Waals surface area (Å²) in [6.07, 6.45) is 0. The molecular weight excluding hydrogens is 332 g/mol. The third kappa shape index (κ3) is 3.47. The molecule has 5 nitrogen and oxygen atoms in total. The van der Waals surface area contributed by atoms with E-state index in [2.05, 4.69) is 15.9 Å². The Morgan fingerprint density at radius 2 is 2.05 bits per heavy atom. The van der Waals surface area contributed by atoms with Gasteiger partial charge < -0.3 is 10.5 Å². The fourth-order valence-electron chi connectivity index (χ4n) is 1.68. The Hall–Kier alpha value is -0.630. The minimum Gasteiger partial charge on any atom is -0.398 e. The number of rotatable bonds is 5. The summed E-state index contributed by atoms with van der Waals surface area (Å²) in [4.78, 5) is 0.221. The molecule has 0 fully saturated rings. The number of sulfonamides is 1. The first-order valence-electron chi connectivity index (χ1n) is 5.74. The molecule has 0 aliphatic carbocycles. The number of ether oxygens (including phenoxy) is 1. The highest BCUT2D eigenvalue weighted by molar-refractivity contribution is 9.10. The molecule has 1 atom stereocenters. The molecule has 0 spiro atoms. The van der Waals surface area contributed by atoms with Gasteiger partial charge in [0.25, 0.3) is 0 Å². The number of anilines is 1. The van der Waals surface area contributed by atoms with Gasteiger partial charge in [0.1, 0.15) is 0 Å². The Labute approximate surface area is 122 Å². The number of aryl methyl sites for hydroxylation is 1. The lowest BCUT2D eigenvalue weighted by Gasteiger charge is -2.24. The average molecular weight is 351 g/mol. The molecule has 1 aromatic rings. The summed E-state index contributed by atoms with van der Waals surface area (Å²) in [7, 11) is -0.498. The van der Waals surface area contributed by atoms with Crippen LogP contribution in [0.25, 0.3) is 0 Å². The lowest BCUT2D eigenvalue weighted by Crippen LogP contribution is -2.38. The summed E-state index contributed by atoms with van der Waals surface area (Å²) >= 11 is 3.28. The first-order chi connectivity index (χ1) is 8.71. The molecule has 0 aliphatic rings. The predicted molar refractivity (Wildman–Crippen MR) is 79.6 cm³/mol. The minimum absolute atomic E-state index is 0.221. The third-order valence-corrected chi connectivity index (χ3v) is 5.78. The number of hydrogen-bond donors (Lipinski definition) is 1. The molecular formula is C12H19BrN2O3S. The molecule has 108 valence electrons. The SMILES string of the molecule is COCC(C)N(C)S(=O)(=O)c1cc(N)c(Br)cc1C. The van der Waals surface area contributed by atoms with E-state index >= 15 is 0 Å². The molecule has 0 saturated carbocycles. The molecule has 0 heterocycles. The van der Waals surface area contributed by atoms with Gasteiger partial charge in [-0.05, 0) is 47.5 Å². The smallest absolute Gasteiger partial charge is 0.243 e. The summed E-state index contributed by atoms with van der Waals surface area (Å²) in [6.45, 7) is 3.87. The van der Waals surface area contributed by atoms with Gasteiger partial charge in [-0.15, -0.1) is 0 Å². The highest BCUT2D eigenvalue weighted by Gasteiger charge is 2.27. The third-order valence-electron chi connectivity index (χ3n) is 2.98. The summed E-state index contributed by atoms with van der Waals surface area (Å²) in [6, 6.07) is 2.93. The number of hydrogen-bond acceptors (Lipinski definition) is 4. The number of halogens is 1. The minimum atomic E-state index is -3.58. The van der Waals surface area contributed by atoms with Gasteiger partial charge in [-0.25, -0.2) is 8.42 Å². The van der Waals surface area contributed by atoms with Crippen LogP contribution in [-0.4, -0.2) is 39.5 Å². The Balaban J connectivity index is 3.24. The number of nitrogen functional groups attached to an aromatic ring is 1. The lowest BCUT2D eigenvalue weighted by atomic mass is 10.2. The van der Waals surface area contributed by atoms with Crippen molar-refractivity contribution in [3.05, 3.63) is 22.2 Å². The number of methoxy groups -OCH3 is 1. The van der Waals surface area contributed by atoms with Crippen LogP contribution in [0.5, 0.6) is 0 Å². The van der Waals surface area contributed by atoms with Crippen LogP contribution < -0.4 is 5.73 Å². The highest BCUT2D eigenvalue weighted by atomic mass is 79.9. The van der Waals surface area contributed by atoms with Crippen molar-refractivity contribution >= 4 is 31.6 Å². The van der Waals surface area contributed by atoms with Crippen molar-refractivity contribution in [2.24, 2.45) is 0 Å². The highest BCUT2D eigenvalue weighted by Crippen LogP contribution is 2.28. The molecule has 0 aromatic heterocycles. The lowest BCUT2D eigenvalue weighted by molar-refractivity contribution is 0.149. The zero-order valence-corrected chi connectivity index (χ0v) is 13.9. The maximum atomic E-state index is 12.5. The quantitative estimate of drug-likeness (QED) is 0.824. The predicted octanol–water partition coefficient (Wildman–Crippen LogP) is 2.00. The molecule has 1 rings (SSSR count). The fourth-order valence-corrected chi connectivity index (χ4v) is 3.73. The van der Waals surface area contributed by atoms with Crippen molar-refractivity contribution in [2.75, 3.05) is 26.5 Å². The van der Waals surface area contributed by atoms with Gasteiger partial charge in [-0.3, -0.25) is 0 Å². The largest absolute Gasteiger partial charge is 0.398 e. The Kier molecular flexibility index (Phi) is 5.37. The van der Waals surface area contributed by atoms with E-state index in [-0.39, 0.29) is 10.9 Å². The van der Waals surface area contributed by atoms with Crippen molar-refractivity contribution in [3.8, 4) is 0 Å². The summed E-state index contributed by atoms with van der Waals surface area (Å²) in [5, 5.41) is 0. The molecule has 0 amide bonds. The zero-order valence-electron chi connectivity index (χ0n) is 11.5. The fraction of sp³-hybridized carbons (Fsp3) is 0.500. The van der Waals surface area contributed by atoms with Gasteiger partial charge in [0.05, 0.1) is 11.5 Å². The second-order valence-electron chi connectivity index (χ2n) is 4.46. The van der Waals surface area contributed by atoms with Gasteiger partial charge in [-0.2, -0.15) is 4.31 Å². The van der Waals surface area contributed by atoms with Crippen molar-refractivity contribution in [2.45, 2.75) is 24.8 Å². The average Bonchev–Trinajstić information content (AvgIpc) is 2.32. The van der Waals surface area contributed by atoms with E-state index in [4.69, 9.17) is 10.5 Å². The normalized spacial score (nSPS) is 13.8. The van der Waals surface area contributed by atoms with Gasteiger partial charge in [-0.1, -0.05) is 0 Å². The number of nitrogens with zero attached hydrogens (tertiary/aromatic N) is 1. The van der Waals surface area contributed by atoms with Crippen LogP contribution in [0.3, 0.4) is 0 Å². The number of likely N-dealkylation sites (N-methyl/N-ethyl adjacent to an activating group) is 1. The number of nitrogens with two attached hydrogens (primary N) is 1. The maximum absolute atomic E-state index is 12.5. The molecule has 1 unspecified atom stereocenters.